The topological polar surface area (TPSA) is 35.8 Å². The predicted molar refractivity (Wildman–Crippen MR) is 48.6 cm³/mol. The molecule has 0 aliphatic rings. The van der Waals surface area contributed by atoms with E-state index in [4.69, 9.17) is 5.26 Å². The molecule has 1 aromatic rings. The van der Waals surface area contributed by atoms with Crippen LogP contribution in [-0.4, -0.2) is 7.05 Å². The Hall–Kier alpha value is -1.40. The van der Waals surface area contributed by atoms with Crippen LogP contribution in [0, 0.1) is 17.1 Å². The number of benzene rings is 1. The summed E-state index contributed by atoms with van der Waals surface area (Å²) < 4.78 is 13.2. The molecule has 0 fully saturated rings. The van der Waals surface area contributed by atoms with Crippen LogP contribution in [0.25, 0.3) is 0 Å². The molecule has 0 amide bonds. The van der Waals surface area contributed by atoms with Gasteiger partial charge in [-0.1, -0.05) is 0 Å². The highest BCUT2D eigenvalue weighted by atomic mass is 19.1. The first kappa shape index (κ1) is 9.69. The summed E-state index contributed by atoms with van der Waals surface area (Å²) in [6.45, 7) is 1.85. The monoisotopic (exact) mass is 178 g/mol. The van der Waals surface area contributed by atoms with Crippen LogP contribution in [0.15, 0.2) is 18.2 Å². The molecule has 13 heavy (non-hydrogen) atoms. The molecule has 0 spiro atoms. The van der Waals surface area contributed by atoms with Gasteiger partial charge >= 0.3 is 0 Å². The van der Waals surface area contributed by atoms with Gasteiger partial charge in [-0.2, -0.15) is 5.26 Å². The van der Waals surface area contributed by atoms with Crippen molar-refractivity contribution >= 4 is 0 Å². The minimum atomic E-state index is -0.277. The molecule has 0 aliphatic carbocycles. The third kappa shape index (κ3) is 2.04. The third-order valence-electron chi connectivity index (χ3n) is 2.02. The molecule has 68 valence electrons. The van der Waals surface area contributed by atoms with E-state index in [-0.39, 0.29) is 11.9 Å². The maximum atomic E-state index is 13.2. The van der Waals surface area contributed by atoms with Crippen molar-refractivity contribution < 1.29 is 4.39 Å². The fraction of sp³-hybridized carbons (Fsp3) is 0.300. The van der Waals surface area contributed by atoms with Crippen LogP contribution in [-0.2, 0) is 0 Å². The average Bonchev–Trinajstić information content (AvgIpc) is 2.17. The lowest BCUT2D eigenvalue weighted by Gasteiger charge is -2.11. The lowest BCUT2D eigenvalue weighted by atomic mass is 10.1. The molecule has 0 aromatic heterocycles. The van der Waals surface area contributed by atoms with Crippen molar-refractivity contribution in [2.75, 3.05) is 7.05 Å². The van der Waals surface area contributed by atoms with Crippen molar-refractivity contribution in [2.45, 2.75) is 13.0 Å². The van der Waals surface area contributed by atoms with E-state index in [0.717, 1.165) is 0 Å². The molecule has 0 unspecified atom stereocenters. The maximum absolute atomic E-state index is 13.2. The van der Waals surface area contributed by atoms with Crippen LogP contribution >= 0.6 is 0 Å². The van der Waals surface area contributed by atoms with Crippen LogP contribution in [0.1, 0.15) is 24.1 Å². The number of nitriles is 1. The minimum absolute atomic E-state index is 0.0756. The van der Waals surface area contributed by atoms with Crippen molar-refractivity contribution in [3.63, 3.8) is 0 Å². The molecule has 0 saturated heterocycles. The molecule has 0 bridgehead atoms. The first-order valence-electron chi connectivity index (χ1n) is 4.06. The highest BCUT2D eigenvalue weighted by Gasteiger charge is 2.09. The summed E-state index contributed by atoms with van der Waals surface area (Å²) in [5.41, 5.74) is 1.01. The first-order chi connectivity index (χ1) is 6.19. The lowest BCUT2D eigenvalue weighted by molar-refractivity contribution is 0.561. The van der Waals surface area contributed by atoms with E-state index in [0.29, 0.717) is 11.1 Å². The summed E-state index contributed by atoms with van der Waals surface area (Å²) in [5, 5.41) is 11.5. The van der Waals surface area contributed by atoms with E-state index in [1.165, 1.54) is 12.1 Å². The van der Waals surface area contributed by atoms with Gasteiger partial charge in [0.15, 0.2) is 0 Å². The van der Waals surface area contributed by atoms with Crippen LogP contribution in [0.5, 0.6) is 0 Å². The van der Waals surface area contributed by atoms with E-state index in [1.54, 1.807) is 13.1 Å². The van der Waals surface area contributed by atoms with Gasteiger partial charge in [-0.25, -0.2) is 4.39 Å². The summed E-state index contributed by atoms with van der Waals surface area (Å²) in [6, 6.07) is 6.26. The third-order valence-corrected chi connectivity index (χ3v) is 2.02. The second kappa shape index (κ2) is 4.01. The van der Waals surface area contributed by atoms with Gasteiger partial charge in [0.25, 0.3) is 0 Å². The Labute approximate surface area is 77.0 Å². The highest BCUT2D eigenvalue weighted by Crippen LogP contribution is 2.17. The summed E-state index contributed by atoms with van der Waals surface area (Å²) in [4.78, 5) is 0. The number of nitrogens with one attached hydrogen (secondary N) is 1. The zero-order valence-electron chi connectivity index (χ0n) is 7.63. The quantitative estimate of drug-likeness (QED) is 0.751. The number of rotatable bonds is 2. The van der Waals surface area contributed by atoms with Crippen molar-refractivity contribution in [3.8, 4) is 6.07 Å². The molecule has 0 radical (unpaired) electrons. The molecular weight excluding hydrogens is 167 g/mol. The van der Waals surface area contributed by atoms with Crippen LogP contribution in [0.2, 0.25) is 0 Å². The predicted octanol–water partition coefficient (Wildman–Crippen LogP) is 1.98. The van der Waals surface area contributed by atoms with Gasteiger partial charge in [-0.05, 0) is 32.2 Å². The fourth-order valence-corrected chi connectivity index (χ4v) is 1.10. The summed E-state index contributed by atoms with van der Waals surface area (Å²) in [7, 11) is 1.75. The lowest BCUT2D eigenvalue weighted by Crippen LogP contribution is -2.13. The van der Waals surface area contributed by atoms with Gasteiger partial charge < -0.3 is 5.32 Å². The smallest absolute Gasteiger partial charge is 0.128 e. The number of hydrogen-bond acceptors (Lipinski definition) is 2. The minimum Gasteiger partial charge on any atom is -0.313 e. The van der Waals surface area contributed by atoms with E-state index in [2.05, 4.69) is 5.32 Å². The van der Waals surface area contributed by atoms with Gasteiger partial charge in [-0.3, -0.25) is 0 Å². The summed E-state index contributed by atoms with van der Waals surface area (Å²) in [5.74, 6) is -0.277. The Morgan fingerprint density at radius 3 is 2.77 bits per heavy atom. The molecule has 2 nitrogen and oxygen atoms in total. The number of halogens is 1. The van der Waals surface area contributed by atoms with Gasteiger partial charge in [0.1, 0.15) is 5.82 Å². The SMILES string of the molecule is CN[C@H](C)c1cc(C#N)ccc1F. The zero-order chi connectivity index (χ0) is 9.84. The Balaban J connectivity index is 3.12. The second-order valence-electron chi connectivity index (χ2n) is 2.86. The Morgan fingerprint density at radius 2 is 2.23 bits per heavy atom. The van der Waals surface area contributed by atoms with Gasteiger partial charge in [0.2, 0.25) is 0 Å². The Morgan fingerprint density at radius 1 is 1.54 bits per heavy atom. The molecule has 0 aliphatic heterocycles. The molecule has 1 N–H and O–H groups in total. The Kier molecular flexibility index (Phi) is 2.99. The van der Waals surface area contributed by atoms with E-state index >= 15 is 0 Å². The Bertz CT molecular complexity index is 341. The van der Waals surface area contributed by atoms with Crippen molar-refractivity contribution in [3.05, 3.63) is 35.1 Å². The zero-order valence-corrected chi connectivity index (χ0v) is 7.63. The molecule has 1 rings (SSSR count). The molecule has 3 heteroatoms. The van der Waals surface area contributed by atoms with E-state index in [9.17, 15) is 4.39 Å². The van der Waals surface area contributed by atoms with E-state index in [1.807, 2.05) is 13.0 Å². The van der Waals surface area contributed by atoms with Crippen LogP contribution in [0.3, 0.4) is 0 Å². The van der Waals surface area contributed by atoms with Gasteiger partial charge in [0.05, 0.1) is 11.6 Å². The molecule has 0 saturated carbocycles. The van der Waals surface area contributed by atoms with Gasteiger partial charge in [-0.15, -0.1) is 0 Å². The fourth-order valence-electron chi connectivity index (χ4n) is 1.10. The standard InChI is InChI=1S/C10H11FN2/c1-7(13-2)9-5-8(6-12)3-4-10(9)11/h3-5,7,13H,1-2H3/t7-/m1/s1. The van der Waals surface area contributed by atoms with Crippen molar-refractivity contribution in [1.29, 1.82) is 5.26 Å². The highest BCUT2D eigenvalue weighted by molar-refractivity contribution is 5.35. The largest absolute Gasteiger partial charge is 0.313 e. The molecule has 0 heterocycles. The summed E-state index contributed by atoms with van der Waals surface area (Å²) in [6.07, 6.45) is 0. The molecular formula is C10H11FN2. The van der Waals surface area contributed by atoms with Crippen LogP contribution in [0.4, 0.5) is 4.39 Å². The molecule has 1 atom stereocenters. The van der Waals surface area contributed by atoms with Crippen LogP contribution < -0.4 is 5.32 Å². The number of hydrogen-bond donors (Lipinski definition) is 1. The van der Waals surface area contributed by atoms with E-state index < -0.39 is 0 Å². The number of nitrogens with zero attached hydrogens (tertiary/aromatic N) is 1. The van der Waals surface area contributed by atoms with Crippen molar-refractivity contribution in [2.24, 2.45) is 0 Å². The summed E-state index contributed by atoms with van der Waals surface area (Å²) >= 11 is 0. The average molecular weight is 178 g/mol. The second-order valence-corrected chi connectivity index (χ2v) is 2.86. The van der Waals surface area contributed by atoms with Gasteiger partial charge in [0, 0.05) is 11.6 Å². The maximum Gasteiger partial charge on any atom is 0.128 e. The van der Waals surface area contributed by atoms with Crippen molar-refractivity contribution in [1.82, 2.24) is 5.32 Å². The first-order valence-corrected chi connectivity index (χ1v) is 4.06. The molecule has 1 aromatic carbocycles. The normalized spacial score (nSPS) is 12.2.